The van der Waals surface area contributed by atoms with Crippen LogP contribution in [0.1, 0.15) is 24.0 Å². The van der Waals surface area contributed by atoms with Gasteiger partial charge < -0.3 is 5.32 Å². The van der Waals surface area contributed by atoms with Crippen molar-refractivity contribution >= 4 is 35.0 Å². The molecule has 3 aromatic carbocycles. The summed E-state index contributed by atoms with van der Waals surface area (Å²) in [6.07, 6.45) is 0. The van der Waals surface area contributed by atoms with Gasteiger partial charge in [-0.2, -0.15) is 0 Å². The molecule has 4 heteroatoms. The number of nitrogens with one attached hydrogen (secondary N) is 1. The van der Waals surface area contributed by atoms with E-state index in [0.717, 1.165) is 16.5 Å². The van der Waals surface area contributed by atoms with Crippen LogP contribution in [-0.2, 0) is 4.79 Å². The van der Waals surface area contributed by atoms with Gasteiger partial charge in [0.05, 0.1) is 0 Å². The molecule has 0 aliphatic rings. The zero-order valence-corrected chi connectivity index (χ0v) is 16.1. The Labute approximate surface area is 163 Å². The fourth-order valence-electron chi connectivity index (χ4n) is 2.78. The smallest absolute Gasteiger partial charge is 0.221 e. The maximum atomic E-state index is 11.1. The van der Waals surface area contributed by atoms with Crippen molar-refractivity contribution in [3.05, 3.63) is 95.0 Å². The normalized spacial score (nSPS) is 11.8. The van der Waals surface area contributed by atoms with E-state index in [9.17, 15) is 4.79 Å². The molecule has 1 amide bonds. The Morgan fingerprint density at radius 3 is 2.15 bits per heavy atom. The topological polar surface area (TPSA) is 29.1 Å². The fourth-order valence-corrected chi connectivity index (χ4v) is 3.98. The number of amides is 1. The quantitative estimate of drug-likeness (QED) is 0.513. The molecule has 2 nitrogen and oxygen atoms in total. The van der Waals surface area contributed by atoms with Gasteiger partial charge in [-0.25, -0.2) is 0 Å². The molecule has 0 spiro atoms. The van der Waals surface area contributed by atoms with Crippen LogP contribution in [0.5, 0.6) is 0 Å². The number of thioether (sulfide) groups is 1. The number of hydrogen-bond donors (Lipinski definition) is 1. The van der Waals surface area contributed by atoms with Crippen LogP contribution in [0.25, 0.3) is 0 Å². The molecule has 0 heterocycles. The van der Waals surface area contributed by atoms with Crippen LogP contribution < -0.4 is 5.32 Å². The van der Waals surface area contributed by atoms with Crippen molar-refractivity contribution in [2.45, 2.75) is 17.7 Å². The van der Waals surface area contributed by atoms with E-state index in [1.165, 1.54) is 22.9 Å². The third-order valence-electron chi connectivity index (χ3n) is 4.07. The van der Waals surface area contributed by atoms with E-state index >= 15 is 0 Å². The second-order valence-electron chi connectivity index (χ2n) is 6.03. The Hall–Kier alpha value is -2.23. The van der Waals surface area contributed by atoms with Gasteiger partial charge in [-0.05, 0) is 47.5 Å². The summed E-state index contributed by atoms with van der Waals surface area (Å²) in [5, 5.41) is 3.54. The fraction of sp³-hybridized carbons (Fsp3) is 0.136. The molecular formula is C22H20ClNOS. The van der Waals surface area contributed by atoms with Crippen LogP contribution in [0.15, 0.2) is 83.8 Å². The maximum absolute atomic E-state index is 11.1. The number of anilines is 1. The van der Waals surface area contributed by atoms with Gasteiger partial charge >= 0.3 is 0 Å². The molecule has 0 saturated heterocycles. The van der Waals surface area contributed by atoms with E-state index < -0.39 is 0 Å². The van der Waals surface area contributed by atoms with Crippen LogP contribution >= 0.6 is 23.4 Å². The second-order valence-corrected chi connectivity index (χ2v) is 7.56. The van der Waals surface area contributed by atoms with Crippen molar-refractivity contribution in [3.63, 3.8) is 0 Å². The lowest BCUT2D eigenvalue weighted by Gasteiger charge is -2.18. The predicted molar refractivity (Wildman–Crippen MR) is 111 cm³/mol. The number of rotatable bonds is 6. The van der Waals surface area contributed by atoms with Crippen molar-refractivity contribution in [2.24, 2.45) is 0 Å². The minimum atomic E-state index is -0.0581. The zero-order valence-electron chi connectivity index (χ0n) is 14.5. The number of benzene rings is 3. The summed E-state index contributed by atoms with van der Waals surface area (Å²) in [6, 6.07) is 26.6. The molecule has 0 aliphatic carbocycles. The lowest BCUT2D eigenvalue weighted by molar-refractivity contribution is -0.114. The molecule has 0 aliphatic heterocycles. The molecule has 0 radical (unpaired) electrons. The third-order valence-corrected chi connectivity index (χ3v) is 5.42. The first-order valence-corrected chi connectivity index (χ1v) is 9.79. The number of carbonyl (C=O) groups excluding carboxylic acids is 1. The van der Waals surface area contributed by atoms with Gasteiger partial charge in [-0.1, -0.05) is 54.1 Å². The average Bonchev–Trinajstić information content (AvgIpc) is 2.65. The van der Waals surface area contributed by atoms with Gasteiger partial charge in [0.2, 0.25) is 5.91 Å². The summed E-state index contributed by atoms with van der Waals surface area (Å²) >= 11 is 7.86. The number of carbonyl (C=O) groups is 1. The molecule has 3 rings (SSSR count). The Kier molecular flexibility index (Phi) is 6.37. The highest BCUT2D eigenvalue weighted by molar-refractivity contribution is 7.99. The van der Waals surface area contributed by atoms with Crippen molar-refractivity contribution in [1.29, 1.82) is 0 Å². The first-order valence-electron chi connectivity index (χ1n) is 8.42. The van der Waals surface area contributed by atoms with E-state index in [1.807, 2.05) is 42.5 Å². The highest BCUT2D eigenvalue weighted by Gasteiger charge is 2.14. The molecule has 1 atom stereocenters. The van der Waals surface area contributed by atoms with E-state index in [1.54, 1.807) is 11.8 Å². The van der Waals surface area contributed by atoms with Crippen molar-refractivity contribution < 1.29 is 4.79 Å². The molecule has 26 heavy (non-hydrogen) atoms. The molecule has 0 saturated carbocycles. The zero-order chi connectivity index (χ0) is 18.4. The van der Waals surface area contributed by atoms with Crippen molar-refractivity contribution in [2.75, 3.05) is 11.1 Å². The molecule has 0 bridgehead atoms. The van der Waals surface area contributed by atoms with E-state index in [0.29, 0.717) is 0 Å². The minimum absolute atomic E-state index is 0.0581. The molecule has 0 fully saturated rings. The molecular weight excluding hydrogens is 362 g/mol. The first-order chi connectivity index (χ1) is 12.6. The Balaban J connectivity index is 1.76. The van der Waals surface area contributed by atoms with E-state index in [4.69, 9.17) is 11.6 Å². The predicted octanol–water partition coefficient (Wildman–Crippen LogP) is 6.22. The van der Waals surface area contributed by atoms with Gasteiger partial charge in [-0.3, -0.25) is 4.79 Å². The minimum Gasteiger partial charge on any atom is -0.326 e. The molecule has 132 valence electrons. The molecule has 0 aromatic heterocycles. The van der Waals surface area contributed by atoms with Crippen LogP contribution in [0.2, 0.25) is 5.02 Å². The Morgan fingerprint density at radius 1 is 0.923 bits per heavy atom. The van der Waals surface area contributed by atoms with Gasteiger partial charge in [-0.15, -0.1) is 11.8 Å². The van der Waals surface area contributed by atoms with Gasteiger partial charge in [0.1, 0.15) is 0 Å². The van der Waals surface area contributed by atoms with Gasteiger partial charge in [0.15, 0.2) is 0 Å². The maximum Gasteiger partial charge on any atom is 0.221 e. The summed E-state index contributed by atoms with van der Waals surface area (Å²) in [5.74, 6) is 1.15. The molecule has 1 unspecified atom stereocenters. The van der Waals surface area contributed by atoms with Crippen LogP contribution in [0, 0.1) is 0 Å². The lowest BCUT2D eigenvalue weighted by atomic mass is 9.93. The van der Waals surface area contributed by atoms with Crippen LogP contribution in [0.3, 0.4) is 0 Å². The summed E-state index contributed by atoms with van der Waals surface area (Å²) in [4.78, 5) is 12.3. The Bertz CT molecular complexity index is 848. The molecule has 1 N–H and O–H groups in total. The van der Waals surface area contributed by atoms with Gasteiger partial charge in [0.25, 0.3) is 0 Å². The third kappa shape index (κ3) is 5.13. The number of hydrogen-bond acceptors (Lipinski definition) is 2. The molecule has 3 aromatic rings. The SMILES string of the molecule is CC(=O)Nc1ccc(SCC(c2ccccc2)c2ccc(Cl)cc2)cc1. The van der Waals surface area contributed by atoms with Crippen molar-refractivity contribution in [1.82, 2.24) is 0 Å². The highest BCUT2D eigenvalue weighted by Crippen LogP contribution is 2.32. The van der Waals surface area contributed by atoms with E-state index in [-0.39, 0.29) is 11.8 Å². The lowest BCUT2D eigenvalue weighted by Crippen LogP contribution is -2.05. The summed E-state index contributed by atoms with van der Waals surface area (Å²) < 4.78 is 0. The monoisotopic (exact) mass is 381 g/mol. The average molecular weight is 382 g/mol. The highest BCUT2D eigenvalue weighted by atomic mass is 35.5. The van der Waals surface area contributed by atoms with Crippen LogP contribution in [-0.4, -0.2) is 11.7 Å². The summed E-state index contributed by atoms with van der Waals surface area (Å²) in [6.45, 7) is 1.51. The van der Waals surface area contributed by atoms with Gasteiger partial charge in [0, 0.05) is 34.2 Å². The number of halogens is 1. The van der Waals surface area contributed by atoms with E-state index in [2.05, 4.69) is 41.7 Å². The van der Waals surface area contributed by atoms with Crippen molar-refractivity contribution in [3.8, 4) is 0 Å². The first kappa shape index (κ1) is 18.6. The second kappa shape index (κ2) is 8.93. The summed E-state index contributed by atoms with van der Waals surface area (Å²) in [5.41, 5.74) is 3.36. The standard InChI is InChI=1S/C22H20ClNOS/c1-16(25)24-20-11-13-21(14-12-20)26-15-22(17-5-3-2-4-6-17)18-7-9-19(23)10-8-18/h2-14,22H,15H2,1H3,(H,24,25). The largest absolute Gasteiger partial charge is 0.326 e. The van der Waals surface area contributed by atoms with Crippen LogP contribution in [0.4, 0.5) is 5.69 Å². The summed E-state index contributed by atoms with van der Waals surface area (Å²) in [7, 11) is 0. The Morgan fingerprint density at radius 2 is 1.54 bits per heavy atom.